The van der Waals surface area contributed by atoms with Gasteiger partial charge in [0.25, 0.3) is 0 Å². The Morgan fingerprint density at radius 2 is 2.10 bits per heavy atom. The summed E-state index contributed by atoms with van der Waals surface area (Å²) in [4.78, 5) is 0.879. The number of sulfonamides is 1. The first-order valence-corrected chi connectivity index (χ1v) is 8.27. The number of nitrogens with two attached hydrogens (primary N) is 1. The van der Waals surface area contributed by atoms with Crippen molar-refractivity contribution >= 4 is 38.6 Å². The van der Waals surface area contributed by atoms with Crippen LogP contribution in [0.15, 0.2) is 35.2 Å². The SMILES string of the molecule is COc1cc(N)ccc1S(=O)(=O)NCc1ccc(Cl)s1. The van der Waals surface area contributed by atoms with Crippen LogP contribution >= 0.6 is 22.9 Å². The van der Waals surface area contributed by atoms with Gasteiger partial charge in [-0.15, -0.1) is 11.3 Å². The first kappa shape index (κ1) is 15.1. The van der Waals surface area contributed by atoms with E-state index in [1.807, 2.05) is 0 Å². The van der Waals surface area contributed by atoms with E-state index >= 15 is 0 Å². The normalized spacial score (nSPS) is 11.5. The van der Waals surface area contributed by atoms with Crippen LogP contribution in [0.3, 0.4) is 0 Å². The number of rotatable bonds is 5. The highest BCUT2D eigenvalue weighted by molar-refractivity contribution is 7.89. The first-order chi connectivity index (χ1) is 9.42. The van der Waals surface area contributed by atoms with Gasteiger partial charge in [0.15, 0.2) is 0 Å². The molecule has 0 saturated carbocycles. The molecule has 0 spiro atoms. The summed E-state index contributed by atoms with van der Waals surface area (Å²) >= 11 is 7.12. The van der Waals surface area contributed by atoms with Crippen LogP contribution in [-0.4, -0.2) is 15.5 Å². The molecule has 8 heteroatoms. The summed E-state index contributed by atoms with van der Waals surface area (Å²) < 4.78 is 32.7. The van der Waals surface area contributed by atoms with Gasteiger partial charge in [0.2, 0.25) is 10.0 Å². The van der Waals surface area contributed by atoms with Gasteiger partial charge in [-0.25, -0.2) is 13.1 Å². The Morgan fingerprint density at radius 1 is 1.35 bits per heavy atom. The molecule has 0 aliphatic rings. The van der Waals surface area contributed by atoms with E-state index < -0.39 is 10.0 Å². The minimum Gasteiger partial charge on any atom is -0.495 e. The Kier molecular flexibility index (Phi) is 4.54. The molecule has 0 radical (unpaired) electrons. The number of hydrogen-bond acceptors (Lipinski definition) is 5. The van der Waals surface area contributed by atoms with Crippen LogP contribution in [0.4, 0.5) is 5.69 Å². The lowest BCUT2D eigenvalue weighted by Crippen LogP contribution is -2.23. The molecular formula is C12H13ClN2O3S2. The molecule has 1 aromatic heterocycles. The zero-order chi connectivity index (χ0) is 14.8. The smallest absolute Gasteiger partial charge is 0.244 e. The van der Waals surface area contributed by atoms with E-state index in [0.29, 0.717) is 10.0 Å². The summed E-state index contributed by atoms with van der Waals surface area (Å²) in [5.41, 5.74) is 6.04. The summed E-state index contributed by atoms with van der Waals surface area (Å²) in [6, 6.07) is 7.89. The lowest BCUT2D eigenvalue weighted by atomic mass is 10.3. The summed E-state index contributed by atoms with van der Waals surface area (Å²) in [5, 5.41) is 0. The number of nitrogen functional groups attached to an aromatic ring is 1. The predicted octanol–water partition coefficient (Wildman–Crippen LogP) is 2.47. The molecule has 20 heavy (non-hydrogen) atoms. The molecule has 2 rings (SSSR count). The van der Waals surface area contributed by atoms with Crippen LogP contribution in [0.1, 0.15) is 4.88 Å². The summed E-state index contributed by atoms with van der Waals surface area (Å²) in [5.74, 6) is 0.210. The third kappa shape index (κ3) is 3.43. The van der Waals surface area contributed by atoms with Gasteiger partial charge in [0, 0.05) is 23.2 Å². The maximum atomic E-state index is 12.2. The Hall–Kier alpha value is -1.28. The van der Waals surface area contributed by atoms with Gasteiger partial charge in [-0.3, -0.25) is 0 Å². The van der Waals surface area contributed by atoms with Crippen molar-refractivity contribution in [2.45, 2.75) is 11.4 Å². The second-order valence-corrected chi connectivity index (χ2v) is 7.48. The fourth-order valence-electron chi connectivity index (χ4n) is 1.60. The van der Waals surface area contributed by atoms with Crippen LogP contribution in [0.2, 0.25) is 4.34 Å². The van der Waals surface area contributed by atoms with E-state index in [2.05, 4.69) is 4.72 Å². The second-order valence-electron chi connectivity index (χ2n) is 3.94. The van der Waals surface area contributed by atoms with Crippen molar-refractivity contribution in [1.29, 1.82) is 0 Å². The standard InChI is InChI=1S/C12H13ClN2O3S2/c1-18-10-6-8(14)2-4-11(10)20(16,17)15-7-9-3-5-12(13)19-9/h2-6,15H,7,14H2,1H3. The fraction of sp³-hybridized carbons (Fsp3) is 0.167. The quantitative estimate of drug-likeness (QED) is 0.824. The van der Waals surface area contributed by atoms with Crippen molar-refractivity contribution in [3.8, 4) is 5.75 Å². The number of methoxy groups -OCH3 is 1. The lowest BCUT2D eigenvalue weighted by molar-refractivity contribution is 0.402. The van der Waals surface area contributed by atoms with Crippen LogP contribution in [0.25, 0.3) is 0 Å². The van der Waals surface area contributed by atoms with Gasteiger partial charge >= 0.3 is 0 Å². The molecule has 0 aliphatic heterocycles. The van der Waals surface area contributed by atoms with Crippen molar-refractivity contribution in [2.75, 3.05) is 12.8 Å². The minimum atomic E-state index is -3.68. The summed E-state index contributed by atoms with van der Waals surface area (Å²) in [6.07, 6.45) is 0. The number of halogens is 1. The van der Waals surface area contributed by atoms with Crippen molar-refractivity contribution in [3.63, 3.8) is 0 Å². The Balaban J connectivity index is 2.22. The molecule has 5 nitrogen and oxygen atoms in total. The van der Waals surface area contributed by atoms with Gasteiger partial charge in [-0.1, -0.05) is 11.6 Å². The lowest BCUT2D eigenvalue weighted by Gasteiger charge is -2.10. The molecule has 0 bridgehead atoms. The topological polar surface area (TPSA) is 81.4 Å². The summed E-state index contributed by atoms with van der Waals surface area (Å²) in [6.45, 7) is 0.174. The molecule has 0 saturated heterocycles. The Bertz CT molecular complexity index is 713. The van der Waals surface area contributed by atoms with Crippen LogP contribution in [0, 0.1) is 0 Å². The van der Waals surface area contributed by atoms with Crippen LogP contribution < -0.4 is 15.2 Å². The molecule has 3 N–H and O–H groups in total. The number of thiophene rings is 1. The number of ether oxygens (including phenoxy) is 1. The second kappa shape index (κ2) is 6.01. The highest BCUT2D eigenvalue weighted by Gasteiger charge is 2.19. The minimum absolute atomic E-state index is 0.0526. The van der Waals surface area contributed by atoms with Crippen molar-refractivity contribution < 1.29 is 13.2 Å². The zero-order valence-corrected chi connectivity index (χ0v) is 13.0. The van der Waals surface area contributed by atoms with Gasteiger partial charge in [-0.05, 0) is 24.3 Å². The number of anilines is 1. The van der Waals surface area contributed by atoms with E-state index in [-0.39, 0.29) is 17.2 Å². The van der Waals surface area contributed by atoms with E-state index in [9.17, 15) is 8.42 Å². The number of hydrogen-bond donors (Lipinski definition) is 2. The van der Waals surface area contributed by atoms with E-state index in [1.165, 1.54) is 36.6 Å². The van der Waals surface area contributed by atoms with E-state index in [0.717, 1.165) is 4.88 Å². The van der Waals surface area contributed by atoms with Gasteiger partial charge in [0.05, 0.1) is 11.4 Å². The fourth-order valence-corrected chi connectivity index (χ4v) is 3.87. The largest absolute Gasteiger partial charge is 0.495 e. The van der Waals surface area contributed by atoms with Gasteiger partial charge < -0.3 is 10.5 Å². The highest BCUT2D eigenvalue weighted by atomic mass is 35.5. The number of nitrogens with one attached hydrogen (secondary N) is 1. The predicted molar refractivity (Wildman–Crippen MR) is 80.8 cm³/mol. The maximum Gasteiger partial charge on any atom is 0.244 e. The maximum absolute atomic E-state index is 12.2. The van der Waals surface area contributed by atoms with Crippen molar-refractivity contribution in [3.05, 3.63) is 39.5 Å². The van der Waals surface area contributed by atoms with E-state index in [4.69, 9.17) is 22.1 Å². The molecule has 108 valence electrons. The summed E-state index contributed by atoms with van der Waals surface area (Å²) in [7, 11) is -2.28. The zero-order valence-electron chi connectivity index (χ0n) is 10.6. The Morgan fingerprint density at radius 3 is 2.70 bits per heavy atom. The third-order valence-electron chi connectivity index (χ3n) is 2.54. The first-order valence-electron chi connectivity index (χ1n) is 5.60. The molecule has 0 fully saturated rings. The molecule has 0 unspecified atom stereocenters. The molecule has 0 atom stereocenters. The van der Waals surface area contributed by atoms with Crippen LogP contribution in [0.5, 0.6) is 5.75 Å². The molecule has 1 heterocycles. The molecular weight excluding hydrogens is 320 g/mol. The van der Waals surface area contributed by atoms with E-state index in [1.54, 1.807) is 12.1 Å². The Labute approximate surface area is 126 Å². The average molecular weight is 333 g/mol. The van der Waals surface area contributed by atoms with Gasteiger partial charge in [0.1, 0.15) is 10.6 Å². The number of benzene rings is 1. The van der Waals surface area contributed by atoms with Crippen LogP contribution in [-0.2, 0) is 16.6 Å². The molecule has 2 aromatic rings. The van der Waals surface area contributed by atoms with Gasteiger partial charge in [-0.2, -0.15) is 0 Å². The molecule has 0 aliphatic carbocycles. The average Bonchev–Trinajstić information content (AvgIpc) is 2.82. The van der Waals surface area contributed by atoms with Crippen molar-refractivity contribution in [1.82, 2.24) is 4.72 Å². The molecule has 1 aromatic carbocycles. The highest BCUT2D eigenvalue weighted by Crippen LogP contribution is 2.27. The van der Waals surface area contributed by atoms with Crippen molar-refractivity contribution in [2.24, 2.45) is 0 Å². The monoisotopic (exact) mass is 332 g/mol. The third-order valence-corrected chi connectivity index (χ3v) is 5.21. The molecule has 0 amide bonds.